The molecule has 0 saturated carbocycles. The van der Waals surface area contributed by atoms with Crippen LogP contribution in [-0.4, -0.2) is 15.0 Å². The molecule has 0 N–H and O–H groups in total. The molecule has 0 bridgehead atoms. The van der Waals surface area contributed by atoms with Gasteiger partial charge in [0, 0.05) is 18.3 Å². The Kier molecular flexibility index (Phi) is 2.65. The van der Waals surface area contributed by atoms with Crippen molar-refractivity contribution < 1.29 is 4.79 Å². The molecule has 0 aliphatic rings. The summed E-state index contributed by atoms with van der Waals surface area (Å²) in [6.45, 7) is 1.92. The zero-order valence-electron chi connectivity index (χ0n) is 6.91. The van der Waals surface area contributed by atoms with E-state index >= 15 is 0 Å². The van der Waals surface area contributed by atoms with Gasteiger partial charge in [-0.2, -0.15) is 5.10 Å². The van der Waals surface area contributed by atoms with Gasteiger partial charge in [0.25, 0.3) is 0 Å². The van der Waals surface area contributed by atoms with Gasteiger partial charge < -0.3 is 0 Å². The Morgan fingerprint density at radius 1 is 1.75 bits per heavy atom. The highest BCUT2D eigenvalue weighted by Gasteiger charge is 1.98. The predicted molar refractivity (Wildman–Crippen MR) is 47.8 cm³/mol. The molecule has 3 nitrogen and oxygen atoms in total. The first-order chi connectivity index (χ1) is 5.61. The van der Waals surface area contributed by atoms with E-state index in [1.165, 1.54) is 6.08 Å². The normalized spacial score (nSPS) is 10.9. The topological polar surface area (TPSA) is 34.9 Å². The Morgan fingerprint density at radius 3 is 2.83 bits per heavy atom. The van der Waals surface area contributed by atoms with Gasteiger partial charge in [0.15, 0.2) is 0 Å². The fraction of sp³-hybridized carbons (Fsp3) is 0.250. The van der Waals surface area contributed by atoms with Gasteiger partial charge in [0.2, 0.25) is 5.24 Å². The molecule has 1 aromatic rings. The molecule has 64 valence electrons. The first-order valence-electron chi connectivity index (χ1n) is 3.47. The molecule has 0 atom stereocenters. The van der Waals surface area contributed by atoms with E-state index in [0.717, 1.165) is 11.3 Å². The van der Waals surface area contributed by atoms with Crippen LogP contribution < -0.4 is 0 Å². The molecule has 12 heavy (non-hydrogen) atoms. The Morgan fingerprint density at radius 2 is 2.42 bits per heavy atom. The molecule has 4 heteroatoms. The summed E-state index contributed by atoms with van der Waals surface area (Å²) in [5.74, 6) is 0. The Hall–Kier alpha value is -1.09. The minimum absolute atomic E-state index is 0.474. The van der Waals surface area contributed by atoms with Crippen molar-refractivity contribution in [2.75, 3.05) is 0 Å². The number of rotatable bonds is 2. The lowest BCUT2D eigenvalue weighted by molar-refractivity contribution is -0.107. The third-order valence-corrected chi connectivity index (χ3v) is 1.79. The average molecular weight is 185 g/mol. The first kappa shape index (κ1) is 9.00. The van der Waals surface area contributed by atoms with Gasteiger partial charge in [-0.25, -0.2) is 0 Å². The number of allylic oxidation sites excluding steroid dienone is 1. The average Bonchev–Trinajstić information content (AvgIpc) is 2.30. The lowest BCUT2D eigenvalue weighted by Gasteiger charge is -1.92. The number of hydrogen-bond donors (Lipinski definition) is 0. The molecular weight excluding hydrogens is 176 g/mol. The number of carbonyl (C=O) groups excluding carboxylic acids is 1. The third kappa shape index (κ3) is 1.95. The van der Waals surface area contributed by atoms with Crippen molar-refractivity contribution in [3.05, 3.63) is 23.5 Å². The molecule has 0 fully saturated rings. The minimum Gasteiger partial charge on any atom is -0.276 e. The molecule has 1 rings (SSSR count). The smallest absolute Gasteiger partial charge is 0.245 e. The number of aromatic nitrogens is 2. The van der Waals surface area contributed by atoms with Crippen LogP contribution in [0.4, 0.5) is 0 Å². The summed E-state index contributed by atoms with van der Waals surface area (Å²) in [6.07, 6.45) is 4.65. The van der Waals surface area contributed by atoms with Crippen LogP contribution in [0.2, 0.25) is 0 Å². The molecular formula is C8H9ClN2O. The lowest BCUT2D eigenvalue weighted by atomic mass is 10.2. The first-order valence-corrected chi connectivity index (χ1v) is 3.85. The quantitative estimate of drug-likeness (QED) is 0.516. The molecule has 0 aliphatic carbocycles. The van der Waals surface area contributed by atoms with E-state index < -0.39 is 5.24 Å². The number of hydrogen-bond acceptors (Lipinski definition) is 2. The number of halogens is 1. The van der Waals surface area contributed by atoms with E-state index in [2.05, 4.69) is 5.10 Å². The van der Waals surface area contributed by atoms with Crippen molar-refractivity contribution >= 4 is 22.9 Å². The molecule has 0 radical (unpaired) electrons. The summed E-state index contributed by atoms with van der Waals surface area (Å²) in [5, 5.41) is 3.53. The second kappa shape index (κ2) is 3.54. The van der Waals surface area contributed by atoms with E-state index in [1.54, 1.807) is 17.0 Å². The minimum atomic E-state index is -0.474. The maximum Gasteiger partial charge on any atom is 0.245 e. The highest BCUT2D eigenvalue weighted by Crippen LogP contribution is 2.07. The molecule has 1 aromatic heterocycles. The summed E-state index contributed by atoms with van der Waals surface area (Å²) in [7, 11) is 1.84. The van der Waals surface area contributed by atoms with E-state index in [9.17, 15) is 4.79 Å². The fourth-order valence-corrected chi connectivity index (χ4v) is 0.898. The van der Waals surface area contributed by atoms with Crippen LogP contribution in [-0.2, 0) is 11.8 Å². The number of carbonyl (C=O) groups is 1. The second-order valence-electron chi connectivity index (χ2n) is 2.45. The number of nitrogens with zero attached hydrogens (tertiary/aromatic N) is 2. The molecule has 0 spiro atoms. The van der Waals surface area contributed by atoms with E-state index in [4.69, 9.17) is 11.6 Å². The summed E-state index contributed by atoms with van der Waals surface area (Å²) in [6, 6.07) is 0. The van der Waals surface area contributed by atoms with Crippen LogP contribution in [0.3, 0.4) is 0 Å². The summed E-state index contributed by atoms with van der Waals surface area (Å²) in [5.41, 5.74) is 1.91. The summed E-state index contributed by atoms with van der Waals surface area (Å²) in [4.78, 5) is 10.4. The molecule has 0 unspecified atom stereocenters. The van der Waals surface area contributed by atoms with Gasteiger partial charge in [-0.15, -0.1) is 0 Å². The van der Waals surface area contributed by atoms with Crippen LogP contribution in [0.15, 0.2) is 12.3 Å². The molecule has 1 heterocycles. The van der Waals surface area contributed by atoms with Crippen molar-refractivity contribution in [2.24, 2.45) is 7.05 Å². The monoisotopic (exact) mass is 184 g/mol. The van der Waals surface area contributed by atoms with Gasteiger partial charge in [-0.3, -0.25) is 9.48 Å². The standard InChI is InChI=1S/C8H9ClN2O/c1-6-7(3-4-8(9)12)5-10-11(6)2/h3-5H,1-2H3. The van der Waals surface area contributed by atoms with Gasteiger partial charge in [0.05, 0.1) is 6.20 Å². The lowest BCUT2D eigenvalue weighted by Crippen LogP contribution is -1.92. The van der Waals surface area contributed by atoms with Gasteiger partial charge >= 0.3 is 0 Å². The maximum atomic E-state index is 10.4. The van der Waals surface area contributed by atoms with Gasteiger partial charge in [-0.05, 0) is 30.7 Å². The SMILES string of the molecule is Cc1c(C=CC(=O)Cl)cnn1C. The predicted octanol–water partition coefficient (Wildman–Crippen LogP) is 1.51. The Labute approximate surface area is 75.6 Å². The Balaban J connectivity index is 2.90. The summed E-state index contributed by atoms with van der Waals surface area (Å²) >= 11 is 5.13. The third-order valence-electron chi connectivity index (χ3n) is 1.67. The van der Waals surface area contributed by atoms with Crippen molar-refractivity contribution in [2.45, 2.75) is 6.92 Å². The molecule has 0 amide bonds. The van der Waals surface area contributed by atoms with E-state index in [-0.39, 0.29) is 0 Å². The molecule has 0 aliphatic heterocycles. The van der Waals surface area contributed by atoms with Crippen LogP contribution in [0.25, 0.3) is 6.08 Å². The van der Waals surface area contributed by atoms with Crippen molar-refractivity contribution in [1.29, 1.82) is 0 Å². The number of aryl methyl sites for hydroxylation is 1. The molecule has 0 aromatic carbocycles. The van der Waals surface area contributed by atoms with Crippen LogP contribution in [0, 0.1) is 6.92 Å². The van der Waals surface area contributed by atoms with Crippen LogP contribution in [0.5, 0.6) is 0 Å². The zero-order chi connectivity index (χ0) is 9.14. The fourth-order valence-electron chi connectivity index (χ4n) is 0.835. The van der Waals surface area contributed by atoms with E-state index in [1.807, 2.05) is 14.0 Å². The second-order valence-corrected chi connectivity index (χ2v) is 2.82. The van der Waals surface area contributed by atoms with Gasteiger partial charge in [-0.1, -0.05) is 0 Å². The molecule has 0 saturated heterocycles. The van der Waals surface area contributed by atoms with Crippen molar-refractivity contribution in [3.8, 4) is 0 Å². The van der Waals surface area contributed by atoms with E-state index in [0.29, 0.717) is 0 Å². The highest BCUT2D eigenvalue weighted by atomic mass is 35.5. The largest absolute Gasteiger partial charge is 0.276 e. The highest BCUT2D eigenvalue weighted by molar-refractivity contribution is 6.66. The van der Waals surface area contributed by atoms with Crippen molar-refractivity contribution in [1.82, 2.24) is 9.78 Å². The van der Waals surface area contributed by atoms with Crippen LogP contribution >= 0.6 is 11.6 Å². The Bertz CT molecular complexity index is 328. The zero-order valence-corrected chi connectivity index (χ0v) is 7.67. The summed E-state index contributed by atoms with van der Waals surface area (Å²) < 4.78 is 1.73. The maximum absolute atomic E-state index is 10.4. The van der Waals surface area contributed by atoms with Crippen molar-refractivity contribution in [3.63, 3.8) is 0 Å². The van der Waals surface area contributed by atoms with Gasteiger partial charge in [0.1, 0.15) is 0 Å². The van der Waals surface area contributed by atoms with Crippen LogP contribution in [0.1, 0.15) is 11.3 Å².